The lowest BCUT2D eigenvalue weighted by atomic mass is 10.1. The van der Waals surface area contributed by atoms with E-state index >= 15 is 0 Å². The zero-order valence-corrected chi connectivity index (χ0v) is 6.46. The molecule has 0 saturated carbocycles. The fraction of sp³-hybridized carbons (Fsp3) is 0.750. The molecule has 0 radical (unpaired) electrons. The molecular weight excluding hydrogens is 112 g/mol. The third kappa shape index (κ3) is 5.57. The first kappa shape index (κ1) is 8.70. The van der Waals surface area contributed by atoms with Gasteiger partial charge >= 0.3 is 0 Å². The summed E-state index contributed by atoms with van der Waals surface area (Å²) in [5, 5.41) is 8.60. The van der Waals surface area contributed by atoms with E-state index in [1.807, 2.05) is 13.0 Å². The fourth-order valence-electron chi connectivity index (χ4n) is 0.473. The molecule has 0 aliphatic heterocycles. The number of hydrogen-bond acceptors (Lipinski definition) is 1. The largest absolute Gasteiger partial charge is 0.396 e. The summed E-state index contributed by atoms with van der Waals surface area (Å²) < 4.78 is 0. The van der Waals surface area contributed by atoms with Crippen LogP contribution in [0.4, 0.5) is 0 Å². The first-order valence-electron chi connectivity index (χ1n) is 3.46. The molecule has 0 bridgehead atoms. The van der Waals surface area contributed by atoms with Crippen molar-refractivity contribution in [2.24, 2.45) is 11.8 Å². The molecule has 1 heteroatoms. The van der Waals surface area contributed by atoms with E-state index in [4.69, 9.17) is 5.11 Å². The molecular formula is C8H16O. The van der Waals surface area contributed by atoms with E-state index in [1.165, 1.54) is 0 Å². The number of allylic oxidation sites excluding steroid dienone is 1. The summed E-state index contributed by atoms with van der Waals surface area (Å²) in [4.78, 5) is 0. The Hall–Kier alpha value is -0.300. The topological polar surface area (TPSA) is 20.2 Å². The lowest BCUT2D eigenvalue weighted by molar-refractivity contribution is 0.261. The zero-order valence-electron chi connectivity index (χ0n) is 6.46. The Morgan fingerprint density at radius 3 is 2.11 bits per heavy atom. The van der Waals surface area contributed by atoms with E-state index in [2.05, 4.69) is 19.9 Å². The molecule has 54 valence electrons. The van der Waals surface area contributed by atoms with E-state index in [1.54, 1.807) is 0 Å². The standard InChI is InChI=1S/C8H16O/c1-7(2)4-5-8(3)6-9/h4-5,7-9H,6H2,1-3H3/b5-4+/t8-/m1/s1. The van der Waals surface area contributed by atoms with Gasteiger partial charge in [0, 0.05) is 6.61 Å². The van der Waals surface area contributed by atoms with Gasteiger partial charge in [-0.2, -0.15) is 0 Å². The van der Waals surface area contributed by atoms with Gasteiger partial charge in [-0.05, 0) is 11.8 Å². The van der Waals surface area contributed by atoms with Crippen molar-refractivity contribution in [2.45, 2.75) is 20.8 Å². The average Bonchev–Trinajstić information content (AvgIpc) is 1.83. The molecule has 0 saturated heterocycles. The minimum absolute atomic E-state index is 0.253. The maximum absolute atomic E-state index is 8.60. The Morgan fingerprint density at radius 2 is 1.78 bits per heavy atom. The molecule has 0 fully saturated rings. The van der Waals surface area contributed by atoms with Crippen molar-refractivity contribution >= 4 is 0 Å². The van der Waals surface area contributed by atoms with Gasteiger partial charge < -0.3 is 5.11 Å². The van der Waals surface area contributed by atoms with Crippen LogP contribution in [0, 0.1) is 11.8 Å². The predicted octanol–water partition coefficient (Wildman–Crippen LogP) is 1.83. The highest BCUT2D eigenvalue weighted by molar-refractivity contribution is 4.88. The second kappa shape index (κ2) is 4.57. The summed E-state index contributed by atoms with van der Waals surface area (Å²) in [6, 6.07) is 0. The van der Waals surface area contributed by atoms with Crippen molar-refractivity contribution in [3.63, 3.8) is 0 Å². The summed E-state index contributed by atoms with van der Waals surface area (Å²) in [5.41, 5.74) is 0. The van der Waals surface area contributed by atoms with E-state index in [0.717, 1.165) is 0 Å². The van der Waals surface area contributed by atoms with Crippen LogP contribution in [-0.4, -0.2) is 11.7 Å². The summed E-state index contributed by atoms with van der Waals surface area (Å²) in [5.74, 6) is 0.909. The van der Waals surface area contributed by atoms with Gasteiger partial charge in [0.1, 0.15) is 0 Å². The monoisotopic (exact) mass is 128 g/mol. The number of aliphatic hydroxyl groups excluding tert-OH is 1. The Balaban J connectivity index is 3.43. The molecule has 0 spiro atoms. The van der Waals surface area contributed by atoms with Crippen LogP contribution < -0.4 is 0 Å². The van der Waals surface area contributed by atoms with Crippen molar-refractivity contribution in [1.29, 1.82) is 0 Å². The van der Waals surface area contributed by atoms with Crippen molar-refractivity contribution < 1.29 is 5.11 Å². The lowest BCUT2D eigenvalue weighted by Gasteiger charge is -1.99. The maximum Gasteiger partial charge on any atom is 0.0491 e. The second-order valence-electron chi connectivity index (χ2n) is 2.79. The Labute approximate surface area is 57.4 Å². The third-order valence-electron chi connectivity index (χ3n) is 1.11. The van der Waals surface area contributed by atoms with E-state index in [-0.39, 0.29) is 6.61 Å². The third-order valence-corrected chi connectivity index (χ3v) is 1.11. The van der Waals surface area contributed by atoms with Gasteiger partial charge in [-0.3, -0.25) is 0 Å². The molecule has 0 aromatic heterocycles. The number of hydrogen-bond donors (Lipinski definition) is 1. The van der Waals surface area contributed by atoms with Crippen LogP contribution in [0.5, 0.6) is 0 Å². The zero-order chi connectivity index (χ0) is 7.28. The van der Waals surface area contributed by atoms with Crippen LogP contribution in [0.1, 0.15) is 20.8 Å². The van der Waals surface area contributed by atoms with Crippen molar-refractivity contribution in [3.05, 3.63) is 12.2 Å². The molecule has 0 aliphatic carbocycles. The van der Waals surface area contributed by atoms with Crippen LogP contribution in [0.25, 0.3) is 0 Å². The first-order valence-corrected chi connectivity index (χ1v) is 3.46. The number of aliphatic hydroxyl groups is 1. The van der Waals surface area contributed by atoms with Crippen LogP contribution in [0.3, 0.4) is 0 Å². The van der Waals surface area contributed by atoms with Gasteiger partial charge in [0.25, 0.3) is 0 Å². The van der Waals surface area contributed by atoms with E-state index in [0.29, 0.717) is 11.8 Å². The smallest absolute Gasteiger partial charge is 0.0491 e. The quantitative estimate of drug-likeness (QED) is 0.575. The molecule has 0 unspecified atom stereocenters. The molecule has 0 aromatic carbocycles. The minimum atomic E-state index is 0.253. The highest BCUT2D eigenvalue weighted by Gasteiger charge is 1.91. The molecule has 9 heavy (non-hydrogen) atoms. The normalized spacial score (nSPS) is 15.2. The maximum atomic E-state index is 8.60. The Morgan fingerprint density at radius 1 is 1.22 bits per heavy atom. The highest BCUT2D eigenvalue weighted by Crippen LogP contribution is 1.99. The SMILES string of the molecule is CC(C)/C=C/[C@@H](C)CO. The van der Waals surface area contributed by atoms with Crippen LogP contribution in [-0.2, 0) is 0 Å². The van der Waals surface area contributed by atoms with Gasteiger partial charge in [-0.25, -0.2) is 0 Å². The van der Waals surface area contributed by atoms with Gasteiger partial charge in [0.2, 0.25) is 0 Å². The van der Waals surface area contributed by atoms with E-state index < -0.39 is 0 Å². The molecule has 1 nitrogen and oxygen atoms in total. The molecule has 0 amide bonds. The van der Waals surface area contributed by atoms with Gasteiger partial charge in [0.15, 0.2) is 0 Å². The van der Waals surface area contributed by atoms with Crippen LogP contribution in [0.2, 0.25) is 0 Å². The average molecular weight is 128 g/mol. The van der Waals surface area contributed by atoms with Crippen molar-refractivity contribution in [1.82, 2.24) is 0 Å². The summed E-state index contributed by atoms with van der Waals surface area (Å²) in [6.45, 7) is 6.50. The lowest BCUT2D eigenvalue weighted by Crippen LogP contribution is -1.95. The number of rotatable bonds is 3. The van der Waals surface area contributed by atoms with Gasteiger partial charge in [0.05, 0.1) is 0 Å². The molecule has 1 N–H and O–H groups in total. The summed E-state index contributed by atoms with van der Waals surface area (Å²) in [7, 11) is 0. The summed E-state index contributed by atoms with van der Waals surface area (Å²) >= 11 is 0. The molecule has 0 rings (SSSR count). The Kier molecular flexibility index (Phi) is 4.41. The molecule has 0 aromatic rings. The van der Waals surface area contributed by atoms with Crippen molar-refractivity contribution in [2.75, 3.05) is 6.61 Å². The highest BCUT2D eigenvalue weighted by atomic mass is 16.3. The Bertz CT molecular complexity index is 84.6. The molecule has 0 heterocycles. The van der Waals surface area contributed by atoms with Crippen LogP contribution in [0.15, 0.2) is 12.2 Å². The van der Waals surface area contributed by atoms with Crippen LogP contribution >= 0.6 is 0 Å². The predicted molar refractivity (Wildman–Crippen MR) is 40.2 cm³/mol. The van der Waals surface area contributed by atoms with E-state index in [9.17, 15) is 0 Å². The minimum Gasteiger partial charge on any atom is -0.396 e. The van der Waals surface area contributed by atoms with Crippen molar-refractivity contribution in [3.8, 4) is 0 Å². The molecule has 1 atom stereocenters. The fourth-order valence-corrected chi connectivity index (χ4v) is 0.473. The van der Waals surface area contributed by atoms with Gasteiger partial charge in [-0.1, -0.05) is 32.9 Å². The summed E-state index contributed by atoms with van der Waals surface area (Å²) in [6.07, 6.45) is 4.16. The molecule has 0 aliphatic rings. The second-order valence-corrected chi connectivity index (χ2v) is 2.79. The first-order chi connectivity index (χ1) is 4.16. The van der Waals surface area contributed by atoms with Gasteiger partial charge in [-0.15, -0.1) is 0 Å².